The summed E-state index contributed by atoms with van der Waals surface area (Å²) in [4.78, 5) is 17.0. The van der Waals surface area contributed by atoms with Crippen LogP contribution in [0.1, 0.15) is 43.9 Å². The van der Waals surface area contributed by atoms with Crippen molar-refractivity contribution in [3.63, 3.8) is 0 Å². The maximum absolute atomic E-state index is 12.5. The van der Waals surface area contributed by atoms with Crippen molar-refractivity contribution in [1.82, 2.24) is 4.98 Å². The number of ether oxygens (including phenoxy) is 1. The third-order valence-electron chi connectivity index (χ3n) is 6.48. The van der Waals surface area contributed by atoms with Crippen LogP contribution in [0.3, 0.4) is 0 Å². The minimum atomic E-state index is -0.543. The van der Waals surface area contributed by atoms with Gasteiger partial charge in [-0.3, -0.25) is 5.32 Å². The fourth-order valence-electron chi connectivity index (χ4n) is 4.05. The lowest BCUT2D eigenvalue weighted by Crippen LogP contribution is -2.16. The highest BCUT2D eigenvalue weighted by molar-refractivity contribution is 7.14. The Morgan fingerprint density at radius 3 is 2.26 bits per heavy atom. The third-order valence-corrected chi connectivity index (χ3v) is 7.57. The third kappa shape index (κ3) is 4.72. The zero-order valence-corrected chi connectivity index (χ0v) is 20.6. The van der Waals surface area contributed by atoms with Gasteiger partial charge in [-0.15, -0.1) is 11.3 Å². The average Bonchev–Trinajstić information content (AvgIpc) is 3.43. The van der Waals surface area contributed by atoms with Gasteiger partial charge < -0.3 is 4.74 Å². The first-order valence-electron chi connectivity index (χ1n) is 11.3. The number of benzene rings is 3. The van der Waals surface area contributed by atoms with Crippen molar-refractivity contribution in [2.24, 2.45) is 0 Å². The molecule has 172 valence electrons. The van der Waals surface area contributed by atoms with Crippen molar-refractivity contribution in [2.75, 3.05) is 5.32 Å². The number of aromatic nitrogens is 1. The lowest BCUT2D eigenvalue weighted by atomic mass is 9.95. The van der Waals surface area contributed by atoms with Gasteiger partial charge in [0.1, 0.15) is 16.8 Å². The second kappa shape index (κ2) is 9.24. The van der Waals surface area contributed by atoms with Crippen LogP contribution in [0.4, 0.5) is 9.80 Å². The van der Waals surface area contributed by atoms with E-state index in [2.05, 4.69) is 53.6 Å². The molecular formula is C28H25ClN2O2S. The summed E-state index contributed by atoms with van der Waals surface area (Å²) in [5, 5.41) is 4.05. The minimum Gasteiger partial charge on any atom is -0.441 e. The van der Waals surface area contributed by atoms with Crippen LogP contribution in [0.5, 0.6) is 0 Å². The normalized spacial score (nSPS) is 14.9. The summed E-state index contributed by atoms with van der Waals surface area (Å²) in [5.41, 5.74) is 8.26. The number of carbonyl (C=O) groups excluding carboxylic acids is 1. The number of carbonyl (C=O) groups is 1. The van der Waals surface area contributed by atoms with Crippen molar-refractivity contribution in [1.29, 1.82) is 0 Å². The van der Waals surface area contributed by atoms with E-state index in [0.717, 1.165) is 22.4 Å². The van der Waals surface area contributed by atoms with E-state index in [1.165, 1.54) is 35.3 Å². The highest BCUT2D eigenvalue weighted by atomic mass is 35.5. The maximum atomic E-state index is 12.5. The van der Waals surface area contributed by atoms with Gasteiger partial charge in [0, 0.05) is 16.1 Å². The zero-order valence-electron chi connectivity index (χ0n) is 19.0. The van der Waals surface area contributed by atoms with E-state index in [1.807, 2.05) is 30.3 Å². The van der Waals surface area contributed by atoms with E-state index in [0.29, 0.717) is 15.4 Å². The molecule has 0 radical (unpaired) electrons. The molecule has 34 heavy (non-hydrogen) atoms. The van der Waals surface area contributed by atoms with Gasteiger partial charge in [0.25, 0.3) is 0 Å². The largest absolute Gasteiger partial charge is 0.441 e. The van der Waals surface area contributed by atoms with Crippen molar-refractivity contribution < 1.29 is 9.53 Å². The van der Waals surface area contributed by atoms with Gasteiger partial charge in [-0.1, -0.05) is 85.3 Å². The van der Waals surface area contributed by atoms with Crippen LogP contribution in [0, 0.1) is 0 Å². The summed E-state index contributed by atoms with van der Waals surface area (Å²) in [6, 6.07) is 24.5. The molecule has 1 aromatic heterocycles. The Kier molecular flexibility index (Phi) is 6.15. The lowest BCUT2D eigenvalue weighted by Gasteiger charge is -2.15. The fraction of sp³-hybridized carbons (Fsp3) is 0.214. The Bertz CT molecular complexity index is 1310. The van der Waals surface area contributed by atoms with Crippen LogP contribution in [-0.4, -0.2) is 11.1 Å². The van der Waals surface area contributed by atoms with E-state index < -0.39 is 12.2 Å². The van der Waals surface area contributed by atoms with Gasteiger partial charge in [0.05, 0.1) is 5.51 Å². The second-order valence-corrected chi connectivity index (χ2v) is 10.2. The molecule has 6 heteroatoms. The Hall–Kier alpha value is -3.15. The van der Waals surface area contributed by atoms with Crippen molar-refractivity contribution >= 4 is 34.0 Å². The molecule has 1 amide bonds. The quantitative estimate of drug-likeness (QED) is 0.296. The average molecular weight is 489 g/mol. The Balaban J connectivity index is 1.27. The van der Waals surface area contributed by atoms with E-state index in [4.69, 9.17) is 16.3 Å². The number of rotatable bonds is 6. The molecule has 3 aromatic carbocycles. The molecule has 4 nitrogen and oxygen atoms in total. The Morgan fingerprint density at radius 1 is 1.00 bits per heavy atom. The monoisotopic (exact) mass is 488 g/mol. The predicted molar refractivity (Wildman–Crippen MR) is 140 cm³/mol. The number of hydrogen-bond acceptors (Lipinski definition) is 4. The number of thiazole rings is 1. The van der Waals surface area contributed by atoms with Gasteiger partial charge in [-0.05, 0) is 47.9 Å². The van der Waals surface area contributed by atoms with Crippen LogP contribution in [0.15, 0.2) is 78.3 Å². The fourth-order valence-corrected chi connectivity index (χ4v) is 5.03. The molecule has 4 aromatic rings. The van der Waals surface area contributed by atoms with Crippen LogP contribution < -0.4 is 5.32 Å². The van der Waals surface area contributed by atoms with Crippen molar-refractivity contribution in [3.05, 3.63) is 94.5 Å². The minimum absolute atomic E-state index is 0.378. The van der Waals surface area contributed by atoms with E-state index in [9.17, 15) is 4.79 Å². The number of halogens is 1. The number of amides is 1. The van der Waals surface area contributed by atoms with Crippen molar-refractivity contribution in [2.45, 2.75) is 38.2 Å². The summed E-state index contributed by atoms with van der Waals surface area (Å²) in [6.07, 6.45) is 1.53. The summed E-state index contributed by atoms with van der Waals surface area (Å²) in [6.45, 7) is 4.12. The van der Waals surface area contributed by atoms with Crippen molar-refractivity contribution in [3.8, 4) is 22.4 Å². The molecule has 1 saturated carbocycles. The maximum Gasteiger partial charge on any atom is 0.412 e. The van der Waals surface area contributed by atoms with Gasteiger partial charge in [0.15, 0.2) is 0 Å². The smallest absolute Gasteiger partial charge is 0.412 e. The summed E-state index contributed by atoms with van der Waals surface area (Å²) >= 11 is 7.58. The molecule has 1 fully saturated rings. The van der Waals surface area contributed by atoms with Crippen LogP contribution >= 0.6 is 22.9 Å². The van der Waals surface area contributed by atoms with E-state index in [-0.39, 0.29) is 0 Å². The SMILES string of the molecule is C[C@@H](OC(=O)Nc1scnc1-c1ccc(-c2ccc(C3(C)CC3)cc2)cc1)c1ccccc1Cl. The Morgan fingerprint density at radius 2 is 1.62 bits per heavy atom. The highest BCUT2D eigenvalue weighted by Gasteiger charge is 2.38. The molecule has 1 N–H and O–H groups in total. The summed E-state index contributed by atoms with van der Waals surface area (Å²) < 4.78 is 5.54. The Labute approximate surface area is 208 Å². The molecule has 0 bridgehead atoms. The van der Waals surface area contributed by atoms with Gasteiger partial charge >= 0.3 is 6.09 Å². The number of hydrogen-bond donors (Lipinski definition) is 1. The molecule has 0 spiro atoms. The van der Waals surface area contributed by atoms with Gasteiger partial charge in [-0.2, -0.15) is 0 Å². The van der Waals surface area contributed by atoms with Gasteiger partial charge in [0.2, 0.25) is 0 Å². The zero-order chi connectivity index (χ0) is 23.7. The molecule has 1 atom stereocenters. The van der Waals surface area contributed by atoms with Gasteiger partial charge in [-0.25, -0.2) is 9.78 Å². The number of nitrogens with zero attached hydrogens (tertiary/aromatic N) is 1. The molecule has 0 aliphatic heterocycles. The molecule has 1 aliphatic rings. The number of anilines is 1. The molecule has 1 heterocycles. The van der Waals surface area contributed by atoms with Crippen LogP contribution in [0.25, 0.3) is 22.4 Å². The van der Waals surface area contributed by atoms with E-state index >= 15 is 0 Å². The molecule has 0 saturated heterocycles. The summed E-state index contributed by atoms with van der Waals surface area (Å²) in [7, 11) is 0. The first-order chi connectivity index (χ1) is 16.4. The first-order valence-corrected chi connectivity index (χ1v) is 12.6. The molecule has 1 aliphatic carbocycles. The molecule has 0 unspecified atom stereocenters. The second-order valence-electron chi connectivity index (χ2n) is 8.94. The standard InChI is InChI=1S/C28H25ClN2O2S/c1-18(23-5-3-4-6-24(23)29)33-27(32)31-26-25(30-17-34-26)21-9-7-19(8-10-21)20-11-13-22(14-12-20)28(2)15-16-28/h3-14,17-18H,15-16H2,1-2H3,(H,31,32)/t18-/m1/s1. The van der Waals surface area contributed by atoms with E-state index in [1.54, 1.807) is 18.5 Å². The first kappa shape index (κ1) is 22.6. The highest BCUT2D eigenvalue weighted by Crippen LogP contribution is 2.47. The lowest BCUT2D eigenvalue weighted by molar-refractivity contribution is 0.121. The van der Waals surface area contributed by atoms with Crippen LogP contribution in [0.2, 0.25) is 5.02 Å². The topological polar surface area (TPSA) is 51.2 Å². The molecule has 5 rings (SSSR count). The predicted octanol–water partition coefficient (Wildman–Crippen LogP) is 8.49. The molecular weight excluding hydrogens is 464 g/mol. The summed E-state index contributed by atoms with van der Waals surface area (Å²) in [5.74, 6) is 0. The van der Waals surface area contributed by atoms with Crippen LogP contribution in [-0.2, 0) is 10.2 Å². The number of nitrogens with one attached hydrogen (secondary N) is 1.